The lowest BCUT2D eigenvalue weighted by Gasteiger charge is -2.32. The third-order valence-electron chi connectivity index (χ3n) is 5.57. The summed E-state index contributed by atoms with van der Waals surface area (Å²) >= 11 is 0. The van der Waals surface area contributed by atoms with Gasteiger partial charge in [-0.2, -0.15) is 5.10 Å². The molecule has 0 aliphatic carbocycles. The Morgan fingerprint density at radius 2 is 1.86 bits per heavy atom. The first-order valence-corrected chi connectivity index (χ1v) is 10.1. The molecule has 6 heteroatoms. The van der Waals surface area contributed by atoms with Crippen LogP contribution in [0.15, 0.2) is 30.5 Å². The highest BCUT2D eigenvalue weighted by molar-refractivity contribution is 5.95. The number of halogens is 1. The zero-order chi connectivity index (χ0) is 19.4. The van der Waals surface area contributed by atoms with Crippen molar-refractivity contribution in [3.8, 4) is 5.69 Å². The van der Waals surface area contributed by atoms with Gasteiger partial charge in [0.05, 0.1) is 23.1 Å². The van der Waals surface area contributed by atoms with E-state index in [-0.39, 0.29) is 24.2 Å². The minimum absolute atomic E-state index is 0. The van der Waals surface area contributed by atoms with Crippen LogP contribution in [0.5, 0.6) is 0 Å². The molecule has 154 valence electrons. The summed E-state index contributed by atoms with van der Waals surface area (Å²) in [5.74, 6) is 1.08. The Hall–Kier alpha value is -1.85. The average Bonchev–Trinajstić information content (AvgIpc) is 3.12. The van der Waals surface area contributed by atoms with Gasteiger partial charge in [0.15, 0.2) is 0 Å². The van der Waals surface area contributed by atoms with Crippen LogP contribution in [-0.2, 0) is 0 Å². The first-order chi connectivity index (χ1) is 13.0. The van der Waals surface area contributed by atoms with Crippen LogP contribution in [0, 0.1) is 12.8 Å². The van der Waals surface area contributed by atoms with Crippen molar-refractivity contribution in [1.82, 2.24) is 20.0 Å². The SMILES string of the molecule is CNCCC1CCN(C(=O)c2cnn(-c3ccc(C)cc3)c2C(C)C)CC1.Cl. The summed E-state index contributed by atoms with van der Waals surface area (Å²) in [5.41, 5.74) is 3.98. The van der Waals surface area contributed by atoms with Crippen molar-refractivity contribution in [3.63, 3.8) is 0 Å². The van der Waals surface area contributed by atoms with Crippen molar-refractivity contribution in [1.29, 1.82) is 0 Å². The van der Waals surface area contributed by atoms with Gasteiger partial charge >= 0.3 is 0 Å². The van der Waals surface area contributed by atoms with Gasteiger partial charge in [0.1, 0.15) is 0 Å². The summed E-state index contributed by atoms with van der Waals surface area (Å²) in [6.45, 7) is 9.08. The number of aromatic nitrogens is 2. The number of amides is 1. The van der Waals surface area contributed by atoms with E-state index in [2.05, 4.69) is 55.5 Å². The Balaban J connectivity index is 0.00000280. The van der Waals surface area contributed by atoms with Crippen molar-refractivity contribution in [2.75, 3.05) is 26.7 Å². The lowest BCUT2D eigenvalue weighted by atomic mass is 9.93. The number of carbonyl (C=O) groups is 1. The van der Waals surface area contributed by atoms with Gasteiger partial charge < -0.3 is 10.2 Å². The van der Waals surface area contributed by atoms with E-state index >= 15 is 0 Å². The molecule has 0 radical (unpaired) electrons. The molecule has 1 aliphatic rings. The Morgan fingerprint density at radius 1 is 1.21 bits per heavy atom. The third-order valence-corrected chi connectivity index (χ3v) is 5.57. The highest BCUT2D eigenvalue weighted by Crippen LogP contribution is 2.27. The number of benzene rings is 1. The largest absolute Gasteiger partial charge is 0.339 e. The zero-order valence-electron chi connectivity index (χ0n) is 17.4. The molecule has 0 spiro atoms. The second kappa shape index (κ2) is 10.1. The van der Waals surface area contributed by atoms with Crippen molar-refractivity contribution in [2.45, 2.75) is 46.0 Å². The van der Waals surface area contributed by atoms with Gasteiger partial charge in [0.2, 0.25) is 0 Å². The Bertz CT molecular complexity index is 761. The maximum Gasteiger partial charge on any atom is 0.257 e. The molecule has 1 amide bonds. The summed E-state index contributed by atoms with van der Waals surface area (Å²) in [5, 5.41) is 7.79. The van der Waals surface area contributed by atoms with Crippen LogP contribution in [0.4, 0.5) is 0 Å². The number of nitrogens with one attached hydrogen (secondary N) is 1. The molecular weight excluding hydrogens is 372 g/mol. The van der Waals surface area contributed by atoms with Crippen LogP contribution in [-0.4, -0.2) is 47.3 Å². The van der Waals surface area contributed by atoms with E-state index in [0.29, 0.717) is 0 Å². The molecule has 5 nitrogen and oxygen atoms in total. The summed E-state index contributed by atoms with van der Waals surface area (Å²) in [6, 6.07) is 8.29. The fraction of sp³-hybridized carbons (Fsp3) is 0.545. The van der Waals surface area contributed by atoms with E-state index in [1.165, 1.54) is 12.0 Å². The number of likely N-dealkylation sites (tertiary alicyclic amines) is 1. The zero-order valence-corrected chi connectivity index (χ0v) is 18.3. The topological polar surface area (TPSA) is 50.2 Å². The Labute approximate surface area is 174 Å². The first-order valence-electron chi connectivity index (χ1n) is 10.1. The maximum absolute atomic E-state index is 13.2. The number of rotatable bonds is 6. The molecule has 1 N–H and O–H groups in total. The molecule has 0 bridgehead atoms. The van der Waals surface area contributed by atoms with Gasteiger partial charge in [-0.3, -0.25) is 4.79 Å². The standard InChI is InChI=1S/C22H32N4O.ClH/c1-16(2)21-20(15-24-26(21)19-7-5-17(3)6-8-19)22(27)25-13-10-18(11-14-25)9-12-23-4;/h5-8,15-16,18,23H,9-14H2,1-4H3;1H. The number of nitrogens with zero attached hydrogens (tertiary/aromatic N) is 3. The molecule has 1 aromatic heterocycles. The molecule has 2 heterocycles. The predicted molar refractivity (Wildman–Crippen MR) is 117 cm³/mol. The molecule has 0 unspecified atom stereocenters. The smallest absolute Gasteiger partial charge is 0.257 e. The van der Waals surface area contributed by atoms with Gasteiger partial charge in [-0.25, -0.2) is 4.68 Å². The quantitative estimate of drug-likeness (QED) is 0.785. The normalized spacial score (nSPS) is 15.0. The monoisotopic (exact) mass is 404 g/mol. The number of hydrogen-bond acceptors (Lipinski definition) is 3. The Kier molecular flexibility index (Phi) is 8.08. The van der Waals surface area contributed by atoms with Crippen molar-refractivity contribution < 1.29 is 4.79 Å². The first kappa shape index (κ1) is 22.4. The number of piperidine rings is 1. The van der Waals surface area contributed by atoms with Gasteiger partial charge in [0, 0.05) is 13.1 Å². The van der Waals surface area contributed by atoms with Crippen LogP contribution >= 0.6 is 12.4 Å². The van der Waals surface area contributed by atoms with Gasteiger partial charge in [-0.15, -0.1) is 12.4 Å². The molecule has 28 heavy (non-hydrogen) atoms. The molecule has 1 fully saturated rings. The summed E-state index contributed by atoms with van der Waals surface area (Å²) in [6.07, 6.45) is 5.14. The molecule has 1 aromatic carbocycles. The van der Waals surface area contributed by atoms with Gasteiger partial charge in [0.25, 0.3) is 5.91 Å². The van der Waals surface area contributed by atoms with Crippen molar-refractivity contribution >= 4 is 18.3 Å². The second-order valence-corrected chi connectivity index (χ2v) is 7.97. The molecule has 3 rings (SSSR count). The molecule has 1 saturated heterocycles. The Morgan fingerprint density at radius 3 is 2.43 bits per heavy atom. The van der Waals surface area contributed by atoms with Crippen LogP contribution in [0.2, 0.25) is 0 Å². The van der Waals surface area contributed by atoms with E-state index in [1.54, 1.807) is 6.20 Å². The highest BCUT2D eigenvalue weighted by Gasteiger charge is 2.28. The fourth-order valence-electron chi connectivity index (χ4n) is 3.91. The van der Waals surface area contributed by atoms with Crippen molar-refractivity contribution in [2.24, 2.45) is 5.92 Å². The second-order valence-electron chi connectivity index (χ2n) is 7.97. The summed E-state index contributed by atoms with van der Waals surface area (Å²) < 4.78 is 1.93. The lowest BCUT2D eigenvalue weighted by molar-refractivity contribution is 0.0685. The maximum atomic E-state index is 13.2. The predicted octanol–water partition coefficient (Wildman–Crippen LogP) is 4.19. The number of hydrogen-bond donors (Lipinski definition) is 1. The summed E-state index contributed by atoms with van der Waals surface area (Å²) in [4.78, 5) is 15.2. The van der Waals surface area contributed by atoms with Crippen LogP contribution in [0.3, 0.4) is 0 Å². The molecular formula is C22H33ClN4O. The lowest BCUT2D eigenvalue weighted by Crippen LogP contribution is -2.39. The fourth-order valence-corrected chi connectivity index (χ4v) is 3.91. The summed E-state index contributed by atoms with van der Waals surface area (Å²) in [7, 11) is 2.00. The number of aryl methyl sites for hydroxylation is 1. The van der Waals surface area contributed by atoms with Crippen LogP contribution in [0.1, 0.15) is 60.6 Å². The van der Waals surface area contributed by atoms with E-state index in [0.717, 1.165) is 55.3 Å². The minimum atomic E-state index is 0. The van der Waals surface area contributed by atoms with E-state index in [4.69, 9.17) is 0 Å². The van der Waals surface area contributed by atoms with Gasteiger partial charge in [-0.05, 0) is 63.7 Å². The van der Waals surface area contributed by atoms with E-state index < -0.39 is 0 Å². The van der Waals surface area contributed by atoms with Gasteiger partial charge in [-0.1, -0.05) is 31.5 Å². The number of carbonyl (C=O) groups excluding carboxylic acids is 1. The average molecular weight is 405 g/mol. The van der Waals surface area contributed by atoms with E-state index in [1.807, 2.05) is 16.6 Å². The van der Waals surface area contributed by atoms with Crippen LogP contribution < -0.4 is 5.32 Å². The van der Waals surface area contributed by atoms with Crippen molar-refractivity contribution in [3.05, 3.63) is 47.3 Å². The molecule has 1 aliphatic heterocycles. The third kappa shape index (κ3) is 4.95. The highest BCUT2D eigenvalue weighted by atomic mass is 35.5. The van der Waals surface area contributed by atoms with Crippen LogP contribution in [0.25, 0.3) is 5.69 Å². The molecule has 0 saturated carbocycles. The molecule has 0 atom stereocenters. The van der Waals surface area contributed by atoms with E-state index in [9.17, 15) is 4.79 Å². The molecule has 2 aromatic rings. The minimum Gasteiger partial charge on any atom is -0.339 e.